The van der Waals surface area contributed by atoms with Gasteiger partial charge in [0.05, 0.1) is 32.5 Å². The molecular formula is C16H26N2O3. The first-order chi connectivity index (χ1) is 10.0. The van der Waals surface area contributed by atoms with E-state index in [0.29, 0.717) is 5.92 Å². The highest BCUT2D eigenvalue weighted by Crippen LogP contribution is 2.43. The SMILES string of the molecule is COc1ccc(C(NN)C2C(C)OC(C)C2C)c(OC)c1. The second-order valence-corrected chi connectivity index (χ2v) is 5.74. The van der Waals surface area contributed by atoms with Gasteiger partial charge in [-0.2, -0.15) is 0 Å². The minimum Gasteiger partial charge on any atom is -0.497 e. The molecule has 5 atom stereocenters. The molecule has 0 spiro atoms. The molecule has 5 unspecified atom stereocenters. The summed E-state index contributed by atoms with van der Waals surface area (Å²) in [7, 11) is 3.30. The average Bonchev–Trinajstić information content (AvgIpc) is 2.74. The molecule has 0 saturated carbocycles. The van der Waals surface area contributed by atoms with Crippen LogP contribution in [0.15, 0.2) is 18.2 Å². The van der Waals surface area contributed by atoms with Crippen LogP contribution in [0.25, 0.3) is 0 Å². The van der Waals surface area contributed by atoms with E-state index in [0.717, 1.165) is 17.1 Å². The van der Waals surface area contributed by atoms with Crippen molar-refractivity contribution < 1.29 is 14.2 Å². The molecule has 1 aliphatic rings. The van der Waals surface area contributed by atoms with Gasteiger partial charge >= 0.3 is 0 Å². The van der Waals surface area contributed by atoms with Crippen LogP contribution < -0.4 is 20.7 Å². The Hall–Kier alpha value is -1.30. The lowest BCUT2D eigenvalue weighted by atomic mass is 9.80. The lowest BCUT2D eigenvalue weighted by Gasteiger charge is -2.30. The zero-order valence-corrected chi connectivity index (χ0v) is 13.4. The van der Waals surface area contributed by atoms with Crippen molar-refractivity contribution in [1.82, 2.24) is 5.43 Å². The summed E-state index contributed by atoms with van der Waals surface area (Å²) in [5, 5.41) is 0. The van der Waals surface area contributed by atoms with Gasteiger partial charge in [-0.25, -0.2) is 0 Å². The molecule has 0 radical (unpaired) electrons. The number of rotatable bonds is 5. The van der Waals surface area contributed by atoms with Crippen molar-refractivity contribution >= 4 is 0 Å². The summed E-state index contributed by atoms with van der Waals surface area (Å²) in [5.74, 6) is 8.09. The van der Waals surface area contributed by atoms with E-state index in [1.165, 1.54) is 0 Å². The summed E-state index contributed by atoms with van der Waals surface area (Å²) >= 11 is 0. The van der Waals surface area contributed by atoms with Crippen LogP contribution in [0, 0.1) is 11.8 Å². The van der Waals surface area contributed by atoms with Crippen LogP contribution in [-0.2, 0) is 4.74 Å². The number of hydrogen-bond donors (Lipinski definition) is 2. The lowest BCUT2D eigenvalue weighted by molar-refractivity contribution is 0.0474. The summed E-state index contributed by atoms with van der Waals surface area (Å²) in [6, 6.07) is 5.79. The first-order valence-corrected chi connectivity index (χ1v) is 7.37. The Morgan fingerprint density at radius 3 is 2.33 bits per heavy atom. The Labute approximate surface area is 126 Å². The third-order valence-electron chi connectivity index (χ3n) is 4.66. The Morgan fingerprint density at radius 2 is 1.86 bits per heavy atom. The highest BCUT2D eigenvalue weighted by molar-refractivity contribution is 5.43. The first kappa shape index (κ1) is 16.1. The number of nitrogens with one attached hydrogen (secondary N) is 1. The Kier molecular flexibility index (Phi) is 5.08. The van der Waals surface area contributed by atoms with Crippen molar-refractivity contribution in [3.63, 3.8) is 0 Å². The normalized spacial score (nSPS) is 30.2. The number of ether oxygens (including phenoxy) is 3. The highest BCUT2D eigenvalue weighted by atomic mass is 16.5. The molecule has 1 aromatic rings. The van der Waals surface area contributed by atoms with Crippen LogP contribution in [0.1, 0.15) is 32.4 Å². The predicted molar refractivity (Wildman–Crippen MR) is 82.3 cm³/mol. The molecule has 5 nitrogen and oxygen atoms in total. The van der Waals surface area contributed by atoms with Crippen molar-refractivity contribution in [2.75, 3.05) is 14.2 Å². The molecule has 2 rings (SSSR count). The van der Waals surface area contributed by atoms with E-state index < -0.39 is 0 Å². The zero-order chi connectivity index (χ0) is 15.6. The van der Waals surface area contributed by atoms with Crippen molar-refractivity contribution in [3.8, 4) is 11.5 Å². The number of benzene rings is 1. The van der Waals surface area contributed by atoms with E-state index in [1.54, 1.807) is 14.2 Å². The standard InChI is InChI=1S/C16H26N2O3/c1-9-10(2)21-11(3)15(9)16(18-17)13-7-6-12(19-4)8-14(13)20-5/h6-11,15-16,18H,17H2,1-5H3. The number of hydrogen-bond acceptors (Lipinski definition) is 5. The summed E-state index contributed by atoms with van der Waals surface area (Å²) in [6.07, 6.45) is 0.368. The maximum atomic E-state index is 5.95. The number of nitrogens with two attached hydrogens (primary N) is 1. The van der Waals surface area contributed by atoms with Crippen LogP contribution in [0.5, 0.6) is 11.5 Å². The van der Waals surface area contributed by atoms with Gasteiger partial charge in [-0.3, -0.25) is 11.3 Å². The molecule has 0 aromatic heterocycles. The molecule has 1 fully saturated rings. The lowest BCUT2D eigenvalue weighted by Crippen LogP contribution is -2.38. The van der Waals surface area contributed by atoms with Gasteiger partial charge in [0.15, 0.2) is 0 Å². The van der Waals surface area contributed by atoms with Gasteiger partial charge in [0, 0.05) is 17.5 Å². The summed E-state index contributed by atoms with van der Waals surface area (Å²) in [5.41, 5.74) is 3.98. The van der Waals surface area contributed by atoms with Crippen LogP contribution >= 0.6 is 0 Å². The van der Waals surface area contributed by atoms with Gasteiger partial charge in [0.1, 0.15) is 11.5 Å². The molecule has 118 valence electrons. The molecule has 1 aliphatic heterocycles. The third kappa shape index (κ3) is 3.00. The van der Waals surface area contributed by atoms with E-state index in [1.807, 2.05) is 18.2 Å². The van der Waals surface area contributed by atoms with Gasteiger partial charge in [0.25, 0.3) is 0 Å². The van der Waals surface area contributed by atoms with E-state index in [-0.39, 0.29) is 24.2 Å². The largest absolute Gasteiger partial charge is 0.497 e. The summed E-state index contributed by atoms with van der Waals surface area (Å²) < 4.78 is 16.7. The Bertz CT molecular complexity index is 481. The number of hydrazine groups is 1. The molecule has 1 saturated heterocycles. The first-order valence-electron chi connectivity index (χ1n) is 7.37. The van der Waals surface area contributed by atoms with Crippen LogP contribution in [-0.4, -0.2) is 26.4 Å². The zero-order valence-electron chi connectivity index (χ0n) is 13.4. The van der Waals surface area contributed by atoms with Gasteiger partial charge in [-0.15, -0.1) is 0 Å². The van der Waals surface area contributed by atoms with Gasteiger partial charge in [0.2, 0.25) is 0 Å². The van der Waals surface area contributed by atoms with E-state index >= 15 is 0 Å². The Morgan fingerprint density at radius 1 is 1.14 bits per heavy atom. The van der Waals surface area contributed by atoms with Crippen molar-refractivity contribution in [1.29, 1.82) is 0 Å². The molecule has 21 heavy (non-hydrogen) atoms. The minimum absolute atomic E-state index is 0.0270. The fourth-order valence-electron chi connectivity index (χ4n) is 3.35. The fourth-order valence-corrected chi connectivity index (χ4v) is 3.35. The Balaban J connectivity index is 2.37. The third-order valence-corrected chi connectivity index (χ3v) is 4.66. The minimum atomic E-state index is -0.0270. The van der Waals surface area contributed by atoms with E-state index in [2.05, 4.69) is 26.2 Å². The maximum absolute atomic E-state index is 5.95. The van der Waals surface area contributed by atoms with E-state index in [4.69, 9.17) is 20.1 Å². The average molecular weight is 294 g/mol. The highest BCUT2D eigenvalue weighted by Gasteiger charge is 2.42. The molecule has 0 aliphatic carbocycles. The van der Waals surface area contributed by atoms with Gasteiger partial charge in [-0.05, 0) is 25.8 Å². The smallest absolute Gasteiger partial charge is 0.127 e. The van der Waals surface area contributed by atoms with Crippen LogP contribution in [0.3, 0.4) is 0 Å². The van der Waals surface area contributed by atoms with Crippen LogP contribution in [0.2, 0.25) is 0 Å². The topological polar surface area (TPSA) is 65.7 Å². The summed E-state index contributed by atoms with van der Waals surface area (Å²) in [4.78, 5) is 0. The maximum Gasteiger partial charge on any atom is 0.127 e. The summed E-state index contributed by atoms with van der Waals surface area (Å²) in [6.45, 7) is 6.42. The van der Waals surface area contributed by atoms with Crippen molar-refractivity contribution in [2.24, 2.45) is 17.7 Å². The second-order valence-electron chi connectivity index (χ2n) is 5.74. The van der Waals surface area contributed by atoms with E-state index in [9.17, 15) is 0 Å². The molecule has 1 heterocycles. The van der Waals surface area contributed by atoms with Crippen molar-refractivity contribution in [3.05, 3.63) is 23.8 Å². The molecule has 5 heteroatoms. The van der Waals surface area contributed by atoms with Crippen molar-refractivity contribution in [2.45, 2.75) is 39.0 Å². The molecular weight excluding hydrogens is 268 g/mol. The van der Waals surface area contributed by atoms with Crippen LogP contribution in [0.4, 0.5) is 0 Å². The fraction of sp³-hybridized carbons (Fsp3) is 0.625. The monoisotopic (exact) mass is 294 g/mol. The van der Waals surface area contributed by atoms with Gasteiger partial charge < -0.3 is 14.2 Å². The molecule has 3 N–H and O–H groups in total. The quantitative estimate of drug-likeness (QED) is 0.644. The predicted octanol–water partition coefficient (Wildman–Crippen LogP) is 2.27. The molecule has 0 amide bonds. The molecule has 1 aromatic carbocycles. The molecule has 0 bridgehead atoms. The van der Waals surface area contributed by atoms with Gasteiger partial charge in [-0.1, -0.05) is 13.0 Å². The second kappa shape index (κ2) is 6.64. The number of methoxy groups -OCH3 is 2.